The van der Waals surface area contributed by atoms with E-state index < -0.39 is 12.0 Å². The first-order valence-corrected chi connectivity index (χ1v) is 7.10. The lowest BCUT2D eigenvalue weighted by atomic mass is 9.80. The Morgan fingerprint density at radius 2 is 2.00 bits per heavy atom. The van der Waals surface area contributed by atoms with Crippen molar-refractivity contribution in [2.24, 2.45) is 11.8 Å². The highest BCUT2D eigenvalue weighted by molar-refractivity contribution is 5.83. The van der Waals surface area contributed by atoms with E-state index in [2.05, 4.69) is 22.3 Å². The van der Waals surface area contributed by atoms with E-state index in [0.29, 0.717) is 12.5 Å². The molecule has 1 aliphatic carbocycles. The summed E-state index contributed by atoms with van der Waals surface area (Å²) in [6, 6.07) is -0.596. The highest BCUT2D eigenvalue weighted by atomic mass is 16.5. The Hall–Kier alpha value is -1.10. The molecule has 19 heavy (non-hydrogen) atoms. The Kier molecular flexibility index (Phi) is 6.84. The summed E-state index contributed by atoms with van der Waals surface area (Å²) >= 11 is 0. The third kappa shape index (κ3) is 5.59. The predicted molar refractivity (Wildman–Crippen MR) is 73.6 cm³/mol. The van der Waals surface area contributed by atoms with Gasteiger partial charge in [-0.3, -0.25) is 4.79 Å². The van der Waals surface area contributed by atoms with Crippen LogP contribution in [0.4, 0.5) is 0 Å². The second kappa shape index (κ2) is 8.15. The molecule has 0 bridgehead atoms. The van der Waals surface area contributed by atoms with Crippen LogP contribution in [0.5, 0.6) is 0 Å². The van der Waals surface area contributed by atoms with Gasteiger partial charge in [0.2, 0.25) is 5.91 Å². The molecule has 0 spiro atoms. The molecule has 110 valence electrons. The first-order chi connectivity index (χ1) is 9.04. The summed E-state index contributed by atoms with van der Waals surface area (Å²) in [6.45, 7) is 5.01. The minimum Gasteiger partial charge on any atom is -0.467 e. The number of hydrogen-bond donors (Lipinski definition) is 2. The van der Waals surface area contributed by atoms with E-state index in [1.807, 2.05) is 0 Å². The van der Waals surface area contributed by atoms with E-state index in [4.69, 9.17) is 0 Å². The number of ether oxygens (including phenoxy) is 1. The third-order valence-electron chi connectivity index (χ3n) is 3.91. The molecule has 3 atom stereocenters. The van der Waals surface area contributed by atoms with Gasteiger partial charge < -0.3 is 15.4 Å². The van der Waals surface area contributed by atoms with Crippen molar-refractivity contribution < 1.29 is 14.3 Å². The maximum Gasteiger partial charge on any atom is 0.329 e. The second-order valence-corrected chi connectivity index (χ2v) is 5.46. The van der Waals surface area contributed by atoms with E-state index in [9.17, 15) is 9.59 Å². The fourth-order valence-corrected chi connectivity index (χ4v) is 2.69. The maximum absolute atomic E-state index is 11.5. The number of nitrogens with one attached hydrogen (secondary N) is 2. The normalized spacial score (nSPS) is 24.6. The van der Waals surface area contributed by atoms with Crippen LogP contribution in [0, 0.1) is 11.8 Å². The van der Waals surface area contributed by atoms with Gasteiger partial charge in [-0.05, 0) is 24.8 Å². The molecule has 0 radical (unpaired) electrons. The van der Waals surface area contributed by atoms with E-state index in [0.717, 1.165) is 12.5 Å². The number of rotatable bonds is 6. The zero-order valence-corrected chi connectivity index (χ0v) is 12.2. The van der Waals surface area contributed by atoms with Gasteiger partial charge in [0.05, 0.1) is 7.11 Å². The SMILES string of the molecule is COC(=O)C(CNCC1CCCCC1C)NC(C)=O. The van der Waals surface area contributed by atoms with Crippen molar-refractivity contribution in [3.63, 3.8) is 0 Å². The molecule has 5 heteroatoms. The zero-order valence-electron chi connectivity index (χ0n) is 12.2. The highest BCUT2D eigenvalue weighted by Gasteiger charge is 2.23. The van der Waals surface area contributed by atoms with Crippen molar-refractivity contribution in [2.75, 3.05) is 20.2 Å². The van der Waals surface area contributed by atoms with Crippen LogP contribution in [0.3, 0.4) is 0 Å². The molecule has 1 fully saturated rings. The van der Waals surface area contributed by atoms with E-state index in [-0.39, 0.29) is 5.91 Å². The lowest BCUT2D eigenvalue weighted by molar-refractivity contribution is -0.144. The van der Waals surface area contributed by atoms with Crippen molar-refractivity contribution >= 4 is 11.9 Å². The molecular weight excluding hydrogens is 244 g/mol. The third-order valence-corrected chi connectivity index (χ3v) is 3.91. The summed E-state index contributed by atoms with van der Waals surface area (Å²) in [5.41, 5.74) is 0. The van der Waals surface area contributed by atoms with Crippen LogP contribution < -0.4 is 10.6 Å². The predicted octanol–water partition coefficient (Wildman–Crippen LogP) is 1.08. The molecule has 0 aromatic heterocycles. The Labute approximate surface area is 115 Å². The van der Waals surface area contributed by atoms with E-state index >= 15 is 0 Å². The summed E-state index contributed by atoms with van der Waals surface area (Å²) in [5.74, 6) is 0.783. The van der Waals surface area contributed by atoms with Crippen LogP contribution in [0.1, 0.15) is 39.5 Å². The first-order valence-electron chi connectivity index (χ1n) is 7.10. The lowest BCUT2D eigenvalue weighted by Gasteiger charge is -2.29. The molecule has 0 aliphatic heterocycles. The van der Waals surface area contributed by atoms with Gasteiger partial charge in [-0.15, -0.1) is 0 Å². The van der Waals surface area contributed by atoms with Gasteiger partial charge in [0, 0.05) is 13.5 Å². The summed E-state index contributed by atoms with van der Waals surface area (Å²) in [5, 5.41) is 5.89. The fourth-order valence-electron chi connectivity index (χ4n) is 2.69. The largest absolute Gasteiger partial charge is 0.467 e. The number of hydrogen-bond acceptors (Lipinski definition) is 4. The molecule has 1 saturated carbocycles. The van der Waals surface area contributed by atoms with E-state index in [1.165, 1.54) is 39.7 Å². The maximum atomic E-state index is 11.5. The quantitative estimate of drug-likeness (QED) is 0.709. The average molecular weight is 270 g/mol. The van der Waals surface area contributed by atoms with Crippen molar-refractivity contribution in [1.29, 1.82) is 0 Å². The van der Waals surface area contributed by atoms with Crippen LogP contribution >= 0.6 is 0 Å². The van der Waals surface area contributed by atoms with Crippen LogP contribution in [0.25, 0.3) is 0 Å². The molecule has 2 N–H and O–H groups in total. The number of amides is 1. The smallest absolute Gasteiger partial charge is 0.329 e. The Morgan fingerprint density at radius 1 is 1.32 bits per heavy atom. The van der Waals surface area contributed by atoms with Gasteiger partial charge in [-0.1, -0.05) is 26.2 Å². The van der Waals surface area contributed by atoms with Gasteiger partial charge in [0.25, 0.3) is 0 Å². The van der Waals surface area contributed by atoms with Crippen LogP contribution in [-0.4, -0.2) is 38.1 Å². The molecule has 3 unspecified atom stereocenters. The summed E-state index contributed by atoms with van der Waals surface area (Å²) < 4.78 is 4.68. The number of methoxy groups -OCH3 is 1. The summed E-state index contributed by atoms with van der Waals surface area (Å²) in [6.07, 6.45) is 5.16. The van der Waals surface area contributed by atoms with Crippen molar-refractivity contribution in [3.8, 4) is 0 Å². The molecule has 1 aliphatic rings. The molecule has 0 aromatic rings. The van der Waals surface area contributed by atoms with Gasteiger partial charge in [0.1, 0.15) is 6.04 Å². The molecule has 1 amide bonds. The molecule has 1 rings (SSSR count). The standard InChI is InChI=1S/C14H26N2O3/c1-10-6-4-5-7-12(10)8-15-9-13(14(18)19-3)16-11(2)17/h10,12-13,15H,4-9H2,1-3H3,(H,16,17). The number of carbonyl (C=O) groups excluding carboxylic acids is 2. The zero-order chi connectivity index (χ0) is 14.3. The Morgan fingerprint density at radius 3 is 2.58 bits per heavy atom. The first kappa shape index (κ1) is 16.0. The van der Waals surface area contributed by atoms with Crippen molar-refractivity contribution in [2.45, 2.75) is 45.6 Å². The summed E-state index contributed by atoms with van der Waals surface area (Å²) in [7, 11) is 1.33. The number of carbonyl (C=O) groups is 2. The van der Waals surface area contributed by atoms with Crippen LogP contribution in [0.2, 0.25) is 0 Å². The monoisotopic (exact) mass is 270 g/mol. The number of esters is 1. The van der Waals surface area contributed by atoms with Crippen molar-refractivity contribution in [1.82, 2.24) is 10.6 Å². The Bertz CT molecular complexity index is 307. The van der Waals surface area contributed by atoms with Gasteiger partial charge in [0.15, 0.2) is 0 Å². The average Bonchev–Trinajstić information content (AvgIpc) is 2.38. The minimum absolute atomic E-state index is 0.219. The minimum atomic E-state index is -0.596. The van der Waals surface area contributed by atoms with Crippen molar-refractivity contribution in [3.05, 3.63) is 0 Å². The topological polar surface area (TPSA) is 67.4 Å². The van der Waals surface area contributed by atoms with Crippen LogP contribution in [-0.2, 0) is 14.3 Å². The van der Waals surface area contributed by atoms with Crippen LogP contribution in [0.15, 0.2) is 0 Å². The molecule has 0 heterocycles. The fraction of sp³-hybridized carbons (Fsp3) is 0.857. The summed E-state index contributed by atoms with van der Waals surface area (Å²) in [4.78, 5) is 22.6. The van der Waals surface area contributed by atoms with E-state index in [1.54, 1.807) is 0 Å². The van der Waals surface area contributed by atoms with Gasteiger partial charge >= 0.3 is 5.97 Å². The highest BCUT2D eigenvalue weighted by Crippen LogP contribution is 2.28. The molecule has 0 saturated heterocycles. The molecular formula is C14H26N2O3. The molecule has 0 aromatic carbocycles. The molecule has 5 nitrogen and oxygen atoms in total. The Balaban J connectivity index is 2.34. The second-order valence-electron chi connectivity index (χ2n) is 5.46. The lowest BCUT2D eigenvalue weighted by Crippen LogP contribution is -2.48. The van der Waals surface area contributed by atoms with Gasteiger partial charge in [-0.25, -0.2) is 4.79 Å². The van der Waals surface area contributed by atoms with Gasteiger partial charge in [-0.2, -0.15) is 0 Å².